The van der Waals surface area contributed by atoms with E-state index in [2.05, 4.69) is 31.1 Å². The van der Waals surface area contributed by atoms with Gasteiger partial charge in [-0.15, -0.1) is 0 Å². The molecule has 1 aromatic carbocycles. The summed E-state index contributed by atoms with van der Waals surface area (Å²) in [6.07, 6.45) is 1.74. The number of hydrogen-bond acceptors (Lipinski definition) is 2. The minimum Gasteiger partial charge on any atom is -0.481 e. The van der Waals surface area contributed by atoms with Gasteiger partial charge in [-0.2, -0.15) is 5.10 Å². The molecule has 4 nitrogen and oxygen atoms in total. The van der Waals surface area contributed by atoms with Crippen LogP contribution in [-0.4, -0.2) is 20.9 Å². The summed E-state index contributed by atoms with van der Waals surface area (Å²) < 4.78 is 1.70. The first-order valence-corrected chi connectivity index (χ1v) is 5.93. The zero-order chi connectivity index (χ0) is 13.1. The lowest BCUT2D eigenvalue weighted by Gasteiger charge is -2.06. The summed E-state index contributed by atoms with van der Waals surface area (Å²) in [4.78, 5) is 10.6. The van der Waals surface area contributed by atoms with E-state index in [1.807, 2.05) is 12.1 Å². The fraction of sp³-hybridized carbons (Fsp3) is 0.286. The van der Waals surface area contributed by atoms with Gasteiger partial charge in [0, 0.05) is 6.20 Å². The van der Waals surface area contributed by atoms with Crippen molar-refractivity contribution < 1.29 is 9.90 Å². The highest BCUT2D eigenvalue weighted by atomic mass is 16.4. The third-order valence-electron chi connectivity index (χ3n) is 2.80. The summed E-state index contributed by atoms with van der Waals surface area (Å²) in [6, 6.07) is 9.85. The van der Waals surface area contributed by atoms with Crippen LogP contribution in [0.15, 0.2) is 36.5 Å². The van der Waals surface area contributed by atoms with Gasteiger partial charge in [0.2, 0.25) is 0 Å². The maximum absolute atomic E-state index is 10.6. The molecule has 0 aliphatic carbocycles. The van der Waals surface area contributed by atoms with Gasteiger partial charge >= 0.3 is 5.97 Å². The molecule has 0 bridgehead atoms. The number of benzene rings is 1. The molecule has 0 amide bonds. The van der Waals surface area contributed by atoms with Crippen molar-refractivity contribution in [1.29, 1.82) is 0 Å². The second-order valence-electron chi connectivity index (χ2n) is 4.57. The number of carboxylic acid groups (broad SMARTS) is 1. The third-order valence-corrected chi connectivity index (χ3v) is 2.80. The van der Waals surface area contributed by atoms with E-state index in [9.17, 15) is 4.79 Å². The predicted octanol–water partition coefficient (Wildman–Crippen LogP) is 2.62. The van der Waals surface area contributed by atoms with E-state index in [1.54, 1.807) is 16.9 Å². The van der Waals surface area contributed by atoms with Gasteiger partial charge in [0.15, 0.2) is 0 Å². The summed E-state index contributed by atoms with van der Waals surface area (Å²) in [5, 5.41) is 12.9. The van der Waals surface area contributed by atoms with E-state index < -0.39 is 5.97 Å². The van der Waals surface area contributed by atoms with Crippen molar-refractivity contribution in [2.45, 2.75) is 26.2 Å². The zero-order valence-corrected chi connectivity index (χ0v) is 10.5. The Kier molecular flexibility index (Phi) is 3.46. The molecule has 0 aliphatic rings. The van der Waals surface area contributed by atoms with Crippen molar-refractivity contribution in [2.75, 3.05) is 0 Å². The van der Waals surface area contributed by atoms with Gasteiger partial charge in [-0.1, -0.05) is 26.0 Å². The van der Waals surface area contributed by atoms with E-state index in [0.29, 0.717) is 11.6 Å². The molecular formula is C14H16N2O2. The van der Waals surface area contributed by atoms with E-state index in [1.165, 1.54) is 5.56 Å². The minimum atomic E-state index is -0.865. The molecule has 1 aromatic heterocycles. The van der Waals surface area contributed by atoms with Crippen LogP contribution in [0.2, 0.25) is 0 Å². The molecule has 0 saturated carbocycles. The highest BCUT2D eigenvalue weighted by molar-refractivity contribution is 5.69. The topological polar surface area (TPSA) is 55.1 Å². The SMILES string of the molecule is CC(C)c1ccc(-n2ccc(CC(=O)O)n2)cc1. The Morgan fingerprint density at radius 2 is 1.94 bits per heavy atom. The van der Waals surface area contributed by atoms with Crippen LogP contribution in [0.4, 0.5) is 0 Å². The van der Waals surface area contributed by atoms with Gasteiger partial charge in [-0.05, 0) is 29.7 Å². The average Bonchev–Trinajstić information content (AvgIpc) is 2.76. The smallest absolute Gasteiger partial charge is 0.309 e. The molecular weight excluding hydrogens is 228 g/mol. The Bertz CT molecular complexity index is 541. The van der Waals surface area contributed by atoms with Crippen molar-refractivity contribution in [1.82, 2.24) is 9.78 Å². The lowest BCUT2D eigenvalue weighted by atomic mass is 10.0. The van der Waals surface area contributed by atoms with E-state index >= 15 is 0 Å². The minimum absolute atomic E-state index is 0.0446. The highest BCUT2D eigenvalue weighted by Gasteiger charge is 2.06. The Labute approximate surface area is 106 Å². The largest absolute Gasteiger partial charge is 0.481 e. The van der Waals surface area contributed by atoms with E-state index in [4.69, 9.17) is 5.11 Å². The molecule has 0 fully saturated rings. The number of hydrogen-bond donors (Lipinski definition) is 1. The fourth-order valence-corrected chi connectivity index (χ4v) is 1.77. The Hall–Kier alpha value is -2.10. The Balaban J connectivity index is 2.20. The fourth-order valence-electron chi connectivity index (χ4n) is 1.77. The second kappa shape index (κ2) is 5.04. The van der Waals surface area contributed by atoms with Gasteiger partial charge in [-0.3, -0.25) is 4.79 Å². The van der Waals surface area contributed by atoms with Crippen LogP contribution in [0.25, 0.3) is 5.69 Å². The van der Waals surface area contributed by atoms with Gasteiger partial charge in [0.05, 0.1) is 17.8 Å². The van der Waals surface area contributed by atoms with Crippen LogP contribution in [0.3, 0.4) is 0 Å². The zero-order valence-electron chi connectivity index (χ0n) is 10.5. The normalized spacial score (nSPS) is 10.8. The van der Waals surface area contributed by atoms with Gasteiger partial charge in [-0.25, -0.2) is 4.68 Å². The number of carbonyl (C=O) groups is 1. The molecule has 1 N–H and O–H groups in total. The number of rotatable bonds is 4. The second-order valence-corrected chi connectivity index (χ2v) is 4.57. The van der Waals surface area contributed by atoms with Gasteiger partial charge < -0.3 is 5.11 Å². The maximum Gasteiger partial charge on any atom is 0.309 e. The molecule has 0 atom stereocenters. The summed E-state index contributed by atoms with van der Waals surface area (Å²) in [7, 11) is 0. The molecule has 94 valence electrons. The highest BCUT2D eigenvalue weighted by Crippen LogP contribution is 2.16. The molecule has 0 radical (unpaired) electrons. The lowest BCUT2D eigenvalue weighted by molar-refractivity contribution is -0.136. The molecule has 2 rings (SSSR count). The molecule has 0 aliphatic heterocycles. The van der Waals surface area contributed by atoms with Crippen molar-refractivity contribution in [3.05, 3.63) is 47.8 Å². The summed E-state index contributed by atoms with van der Waals surface area (Å²) in [5.41, 5.74) is 2.78. The van der Waals surface area contributed by atoms with Crippen LogP contribution in [-0.2, 0) is 11.2 Å². The Morgan fingerprint density at radius 3 is 2.50 bits per heavy atom. The first kappa shape index (κ1) is 12.4. The first-order chi connectivity index (χ1) is 8.56. The molecule has 4 heteroatoms. The molecule has 1 heterocycles. The third kappa shape index (κ3) is 2.77. The van der Waals surface area contributed by atoms with E-state index in [0.717, 1.165) is 5.69 Å². The van der Waals surface area contributed by atoms with Crippen LogP contribution in [0.1, 0.15) is 31.0 Å². The predicted molar refractivity (Wildman–Crippen MR) is 69.0 cm³/mol. The van der Waals surface area contributed by atoms with Crippen molar-refractivity contribution >= 4 is 5.97 Å². The van der Waals surface area contributed by atoms with Crippen molar-refractivity contribution in [3.63, 3.8) is 0 Å². The number of aromatic nitrogens is 2. The summed E-state index contributed by atoms with van der Waals surface area (Å²) in [5.74, 6) is -0.366. The van der Waals surface area contributed by atoms with Crippen LogP contribution in [0, 0.1) is 0 Å². The monoisotopic (exact) mass is 244 g/mol. The summed E-state index contributed by atoms with van der Waals surface area (Å²) >= 11 is 0. The molecule has 0 unspecified atom stereocenters. The van der Waals surface area contributed by atoms with Gasteiger partial charge in [0.1, 0.15) is 0 Å². The number of aliphatic carboxylic acids is 1. The van der Waals surface area contributed by atoms with Gasteiger partial charge in [0.25, 0.3) is 0 Å². The molecule has 0 saturated heterocycles. The van der Waals surface area contributed by atoms with E-state index in [-0.39, 0.29) is 6.42 Å². The standard InChI is InChI=1S/C14H16N2O2/c1-10(2)11-3-5-13(6-4-11)16-8-7-12(15-16)9-14(17)18/h3-8,10H,9H2,1-2H3,(H,17,18). The first-order valence-electron chi connectivity index (χ1n) is 5.93. The maximum atomic E-state index is 10.6. The van der Waals surface area contributed by atoms with Crippen LogP contribution < -0.4 is 0 Å². The van der Waals surface area contributed by atoms with Crippen molar-refractivity contribution in [3.8, 4) is 5.69 Å². The van der Waals surface area contributed by atoms with Crippen LogP contribution >= 0.6 is 0 Å². The van der Waals surface area contributed by atoms with Crippen molar-refractivity contribution in [2.24, 2.45) is 0 Å². The molecule has 0 spiro atoms. The lowest BCUT2D eigenvalue weighted by Crippen LogP contribution is -2.02. The quantitative estimate of drug-likeness (QED) is 0.899. The molecule has 2 aromatic rings. The van der Waals surface area contributed by atoms with Crippen LogP contribution in [0.5, 0.6) is 0 Å². The number of nitrogens with zero attached hydrogens (tertiary/aromatic N) is 2. The average molecular weight is 244 g/mol. The molecule has 18 heavy (non-hydrogen) atoms. The number of carboxylic acids is 1. The Morgan fingerprint density at radius 1 is 1.28 bits per heavy atom. The summed E-state index contributed by atoms with van der Waals surface area (Å²) in [6.45, 7) is 4.29.